The Kier molecular flexibility index (Phi) is 4.74. The molecular weight excluding hydrogens is 272 g/mol. The second-order valence-corrected chi connectivity index (χ2v) is 5.13. The Bertz CT molecular complexity index is 644. The summed E-state index contributed by atoms with van der Waals surface area (Å²) in [7, 11) is 1.62. The molecule has 0 unspecified atom stereocenters. The van der Waals surface area contributed by atoms with Gasteiger partial charge in [-0.1, -0.05) is 0 Å². The van der Waals surface area contributed by atoms with Gasteiger partial charge in [0.1, 0.15) is 5.69 Å². The number of carbonyl (C=O) groups is 1. The molecule has 0 saturated heterocycles. The van der Waals surface area contributed by atoms with Crippen LogP contribution in [0.4, 0.5) is 0 Å². The van der Waals surface area contributed by atoms with Crippen LogP contribution in [0.2, 0.25) is 0 Å². The number of hydrogen-bond donors (Lipinski definition) is 2. The van der Waals surface area contributed by atoms with E-state index >= 15 is 0 Å². The van der Waals surface area contributed by atoms with Crippen molar-refractivity contribution in [3.05, 3.63) is 28.3 Å². The van der Waals surface area contributed by atoms with Gasteiger partial charge in [0.25, 0.3) is 11.5 Å². The molecule has 7 heteroatoms. The topological polar surface area (TPSA) is 89.0 Å². The molecule has 0 aliphatic carbocycles. The van der Waals surface area contributed by atoms with E-state index in [0.29, 0.717) is 30.0 Å². The molecule has 0 aromatic heterocycles. The molecule has 1 amide bonds. The van der Waals surface area contributed by atoms with Gasteiger partial charge in [-0.15, -0.1) is 0 Å². The number of methoxy groups -OCH3 is 1. The van der Waals surface area contributed by atoms with E-state index in [9.17, 15) is 9.59 Å². The molecule has 0 atom stereocenters. The summed E-state index contributed by atoms with van der Waals surface area (Å²) in [6, 6.07) is 0.142. The number of fused-ring (bicyclic) bond motifs is 1. The Balaban J connectivity index is 2.29. The first-order chi connectivity index (χ1) is 10.0. The van der Waals surface area contributed by atoms with Crippen molar-refractivity contribution in [1.29, 1.82) is 0 Å². The Morgan fingerprint density at radius 1 is 1.48 bits per heavy atom. The summed E-state index contributed by atoms with van der Waals surface area (Å²) in [4.78, 5) is 24.0. The zero-order chi connectivity index (χ0) is 15.4. The van der Waals surface area contributed by atoms with Gasteiger partial charge in [-0.25, -0.2) is 5.10 Å². The summed E-state index contributed by atoms with van der Waals surface area (Å²) in [5, 5.41) is 9.16. The van der Waals surface area contributed by atoms with E-state index in [2.05, 4.69) is 15.5 Å². The van der Waals surface area contributed by atoms with Crippen molar-refractivity contribution in [2.24, 2.45) is 0 Å². The lowest BCUT2D eigenvalue weighted by Gasteiger charge is -2.15. The number of hydrogen-bond acceptors (Lipinski definition) is 4. The van der Waals surface area contributed by atoms with Gasteiger partial charge in [-0.05, 0) is 20.3 Å². The summed E-state index contributed by atoms with van der Waals surface area (Å²) in [5.41, 5.74) is 0.944. The SMILES string of the molecule is COCCCNC(=O)c1cn(C(C)C)cc2c(=O)[nH]nc1-2. The fraction of sp³-hybridized carbons (Fsp3) is 0.500. The molecule has 0 radical (unpaired) electrons. The van der Waals surface area contributed by atoms with Crippen molar-refractivity contribution in [3.63, 3.8) is 0 Å². The average molecular weight is 292 g/mol. The zero-order valence-electron chi connectivity index (χ0n) is 12.5. The molecule has 114 valence electrons. The smallest absolute Gasteiger partial charge is 0.275 e. The maximum Gasteiger partial charge on any atom is 0.275 e. The molecule has 0 aromatic rings. The van der Waals surface area contributed by atoms with Gasteiger partial charge >= 0.3 is 0 Å². The van der Waals surface area contributed by atoms with E-state index in [-0.39, 0.29) is 17.5 Å². The summed E-state index contributed by atoms with van der Waals surface area (Å²) in [6.07, 6.45) is 4.17. The van der Waals surface area contributed by atoms with E-state index in [1.165, 1.54) is 0 Å². The van der Waals surface area contributed by atoms with Crippen LogP contribution in [0.3, 0.4) is 0 Å². The van der Waals surface area contributed by atoms with Crippen LogP contribution in [0.25, 0.3) is 11.3 Å². The first-order valence-electron chi connectivity index (χ1n) is 6.91. The number of H-pyrrole nitrogens is 1. The fourth-order valence-electron chi connectivity index (χ4n) is 2.03. The van der Waals surface area contributed by atoms with Crippen molar-refractivity contribution in [3.8, 4) is 11.3 Å². The highest BCUT2D eigenvalue weighted by Crippen LogP contribution is 2.21. The second kappa shape index (κ2) is 6.53. The number of aromatic amines is 1. The van der Waals surface area contributed by atoms with Crippen molar-refractivity contribution in [2.75, 3.05) is 20.3 Å². The van der Waals surface area contributed by atoms with Crippen LogP contribution in [0.5, 0.6) is 0 Å². The number of carbonyl (C=O) groups excluding carboxylic acids is 1. The number of amides is 1. The van der Waals surface area contributed by atoms with Crippen molar-refractivity contribution in [1.82, 2.24) is 20.1 Å². The Morgan fingerprint density at radius 2 is 2.24 bits per heavy atom. The van der Waals surface area contributed by atoms with Crippen LogP contribution in [-0.2, 0) is 4.74 Å². The standard InChI is InChI=1S/C14H20N4O3/c1-9(2)18-7-10(13(19)15-5-4-6-21-3)12-11(8-18)14(20)17-16-12/h7-9H,4-6H2,1-3H3,(H,15,19)(H,17,20). The molecule has 2 aliphatic heterocycles. The molecular formula is C14H20N4O3. The summed E-state index contributed by atoms with van der Waals surface area (Å²) in [6.45, 7) is 5.07. The van der Waals surface area contributed by atoms with Gasteiger partial charge < -0.3 is 14.6 Å². The largest absolute Gasteiger partial charge is 0.385 e. The van der Waals surface area contributed by atoms with Gasteiger partial charge in [0.05, 0.1) is 11.1 Å². The van der Waals surface area contributed by atoms with Gasteiger partial charge in [-0.3, -0.25) is 9.59 Å². The second-order valence-electron chi connectivity index (χ2n) is 5.13. The summed E-state index contributed by atoms with van der Waals surface area (Å²) < 4.78 is 6.78. The minimum absolute atomic E-state index is 0.142. The maximum atomic E-state index is 12.3. The van der Waals surface area contributed by atoms with Crippen molar-refractivity contribution in [2.45, 2.75) is 26.3 Å². The van der Waals surface area contributed by atoms with Crippen molar-refractivity contribution < 1.29 is 9.53 Å². The third-order valence-electron chi connectivity index (χ3n) is 3.23. The van der Waals surface area contributed by atoms with Crippen LogP contribution >= 0.6 is 0 Å². The predicted octanol–water partition coefficient (Wildman–Crippen LogP) is 1.02. The summed E-state index contributed by atoms with van der Waals surface area (Å²) in [5.74, 6) is -0.238. The first kappa shape index (κ1) is 15.2. The number of ether oxygens (including phenoxy) is 1. The number of nitrogens with zero attached hydrogens (tertiary/aromatic N) is 2. The highest BCUT2D eigenvalue weighted by atomic mass is 16.5. The average Bonchev–Trinajstić information content (AvgIpc) is 2.84. The third kappa shape index (κ3) is 3.30. The van der Waals surface area contributed by atoms with E-state index in [4.69, 9.17) is 4.74 Å². The van der Waals surface area contributed by atoms with Gasteiger partial charge in [0.15, 0.2) is 0 Å². The van der Waals surface area contributed by atoms with Crippen molar-refractivity contribution >= 4 is 5.91 Å². The number of aromatic nitrogens is 3. The lowest BCUT2D eigenvalue weighted by atomic mass is 10.1. The monoisotopic (exact) mass is 292 g/mol. The Hall–Kier alpha value is -2.15. The molecule has 0 bridgehead atoms. The number of rotatable bonds is 6. The molecule has 2 aliphatic rings. The van der Waals surface area contributed by atoms with Gasteiger partial charge in [0, 0.05) is 38.7 Å². The predicted molar refractivity (Wildman–Crippen MR) is 78.7 cm³/mol. The molecule has 7 nitrogen and oxygen atoms in total. The normalized spacial score (nSPS) is 11.2. The Labute approximate surface area is 122 Å². The molecule has 0 fully saturated rings. The highest BCUT2D eigenvalue weighted by molar-refractivity contribution is 5.99. The molecule has 0 aromatic carbocycles. The van der Waals surface area contributed by atoms with Crippen LogP contribution in [0, 0.1) is 0 Å². The quantitative estimate of drug-likeness (QED) is 0.778. The maximum absolute atomic E-state index is 12.3. The van der Waals surface area contributed by atoms with E-state index in [1.54, 1.807) is 19.5 Å². The van der Waals surface area contributed by atoms with E-state index in [0.717, 1.165) is 6.42 Å². The minimum atomic E-state index is -0.284. The van der Waals surface area contributed by atoms with Crippen LogP contribution in [-0.4, -0.2) is 40.9 Å². The fourth-order valence-corrected chi connectivity index (χ4v) is 2.03. The molecule has 2 N–H and O–H groups in total. The number of nitrogens with one attached hydrogen (secondary N) is 2. The molecule has 21 heavy (non-hydrogen) atoms. The number of pyridine rings is 1. The lowest BCUT2D eigenvalue weighted by molar-refractivity contribution is 0.0948. The van der Waals surface area contributed by atoms with Gasteiger partial charge in [-0.2, -0.15) is 5.10 Å². The zero-order valence-corrected chi connectivity index (χ0v) is 12.5. The molecule has 2 rings (SSSR count). The molecule has 0 saturated carbocycles. The lowest BCUT2D eigenvalue weighted by Crippen LogP contribution is -2.27. The first-order valence-corrected chi connectivity index (χ1v) is 6.91. The molecule has 0 spiro atoms. The van der Waals surface area contributed by atoms with E-state index < -0.39 is 0 Å². The minimum Gasteiger partial charge on any atom is -0.385 e. The third-order valence-corrected chi connectivity index (χ3v) is 3.23. The van der Waals surface area contributed by atoms with Crippen LogP contribution in [0.15, 0.2) is 17.2 Å². The van der Waals surface area contributed by atoms with Crippen LogP contribution < -0.4 is 10.9 Å². The Morgan fingerprint density at radius 3 is 2.90 bits per heavy atom. The summed E-state index contributed by atoms with van der Waals surface area (Å²) >= 11 is 0. The van der Waals surface area contributed by atoms with Crippen LogP contribution in [0.1, 0.15) is 36.7 Å². The molecule has 2 heterocycles. The van der Waals surface area contributed by atoms with Gasteiger partial charge in [0.2, 0.25) is 0 Å². The highest BCUT2D eigenvalue weighted by Gasteiger charge is 2.21. The van der Waals surface area contributed by atoms with E-state index in [1.807, 2.05) is 18.4 Å².